The molecule has 0 saturated heterocycles. The molecule has 1 unspecified atom stereocenters. The van der Waals surface area contributed by atoms with E-state index in [-0.39, 0.29) is 5.60 Å². The van der Waals surface area contributed by atoms with E-state index in [9.17, 15) is 0 Å². The van der Waals surface area contributed by atoms with Crippen LogP contribution in [0.3, 0.4) is 0 Å². The summed E-state index contributed by atoms with van der Waals surface area (Å²) in [5.74, 6) is 0.734. The summed E-state index contributed by atoms with van der Waals surface area (Å²) in [5, 5.41) is 0. The fourth-order valence-corrected chi connectivity index (χ4v) is 3.56. The number of hydrogen-bond acceptors (Lipinski definition) is 1. The molecule has 0 spiro atoms. The lowest BCUT2D eigenvalue weighted by molar-refractivity contribution is -0.00234. The van der Waals surface area contributed by atoms with Gasteiger partial charge in [-0.15, -0.1) is 0 Å². The van der Waals surface area contributed by atoms with Crippen molar-refractivity contribution in [2.75, 3.05) is 0 Å². The Labute approximate surface area is 112 Å². The third-order valence-corrected chi connectivity index (χ3v) is 5.02. The quantitative estimate of drug-likeness (QED) is 0.504. The summed E-state index contributed by atoms with van der Waals surface area (Å²) >= 11 is 0. The molecule has 0 saturated carbocycles. The van der Waals surface area contributed by atoms with E-state index in [0.717, 1.165) is 16.4 Å². The monoisotopic (exact) mass is 258 g/mol. The molecular formula is C15H34OSi. The van der Waals surface area contributed by atoms with Crippen LogP contribution in [-0.2, 0) is 4.43 Å². The van der Waals surface area contributed by atoms with Gasteiger partial charge in [0.05, 0.1) is 5.60 Å². The Morgan fingerprint density at radius 2 is 1.41 bits per heavy atom. The smallest absolute Gasteiger partial charge is 0.146 e. The molecule has 0 radical (unpaired) electrons. The van der Waals surface area contributed by atoms with Crippen molar-refractivity contribution in [1.29, 1.82) is 0 Å². The van der Waals surface area contributed by atoms with Gasteiger partial charge >= 0.3 is 0 Å². The Kier molecular flexibility index (Phi) is 10.2. The molecule has 104 valence electrons. The van der Waals surface area contributed by atoms with Crippen LogP contribution in [0.4, 0.5) is 0 Å². The van der Waals surface area contributed by atoms with E-state index < -0.39 is 0 Å². The van der Waals surface area contributed by atoms with E-state index in [1.54, 1.807) is 0 Å². The van der Waals surface area contributed by atoms with E-state index in [0.29, 0.717) is 0 Å². The molecule has 1 nitrogen and oxygen atoms in total. The van der Waals surface area contributed by atoms with Crippen molar-refractivity contribution >= 4 is 10.5 Å². The molecule has 0 aromatic heterocycles. The molecule has 0 aliphatic carbocycles. The lowest BCUT2D eigenvalue weighted by atomic mass is 9.78. The second kappa shape index (κ2) is 10.1. The molecule has 0 aliphatic rings. The maximum absolute atomic E-state index is 6.14. The van der Waals surface area contributed by atoms with Crippen molar-refractivity contribution in [1.82, 2.24) is 0 Å². The average molecular weight is 259 g/mol. The standard InChI is InChI=1S/C15H34OSi/c1-5-8-11-14(4)15(16-17,12-9-6-2)13-10-7-3/h14H,5-13H2,1-4,17H3. The maximum atomic E-state index is 6.14. The van der Waals surface area contributed by atoms with Gasteiger partial charge in [0.25, 0.3) is 0 Å². The first-order chi connectivity index (χ1) is 8.16. The normalized spacial score (nSPS) is 14.1. The van der Waals surface area contributed by atoms with Crippen LogP contribution in [0.25, 0.3) is 0 Å². The van der Waals surface area contributed by atoms with Crippen LogP contribution in [0.15, 0.2) is 0 Å². The van der Waals surface area contributed by atoms with Crippen LogP contribution in [0, 0.1) is 5.92 Å². The summed E-state index contributed by atoms with van der Waals surface area (Å²) in [6.07, 6.45) is 11.8. The van der Waals surface area contributed by atoms with Crippen molar-refractivity contribution in [3.63, 3.8) is 0 Å². The summed E-state index contributed by atoms with van der Waals surface area (Å²) in [6, 6.07) is 0. The van der Waals surface area contributed by atoms with Crippen LogP contribution in [0.1, 0.15) is 85.5 Å². The van der Waals surface area contributed by atoms with E-state index in [4.69, 9.17) is 4.43 Å². The molecular weight excluding hydrogens is 224 g/mol. The summed E-state index contributed by atoms with van der Waals surface area (Å²) < 4.78 is 6.14. The van der Waals surface area contributed by atoms with Crippen LogP contribution in [0.2, 0.25) is 0 Å². The molecule has 0 N–H and O–H groups in total. The predicted octanol–water partition coefficient (Wildman–Crippen LogP) is 4.23. The number of hydrogen-bond donors (Lipinski definition) is 0. The zero-order chi connectivity index (χ0) is 13.1. The summed E-state index contributed by atoms with van der Waals surface area (Å²) in [6.45, 7) is 9.27. The minimum atomic E-state index is 0.216. The fourth-order valence-electron chi connectivity index (χ4n) is 2.75. The van der Waals surface area contributed by atoms with Crippen molar-refractivity contribution in [2.45, 2.75) is 91.1 Å². The van der Waals surface area contributed by atoms with Crippen LogP contribution >= 0.6 is 0 Å². The SMILES string of the molecule is CCCCC(C)C(CCCC)(CCCC)O[SiH3]. The molecule has 0 aromatic rings. The van der Waals surface area contributed by atoms with Gasteiger partial charge in [-0.2, -0.15) is 0 Å². The molecule has 0 heterocycles. The van der Waals surface area contributed by atoms with E-state index in [2.05, 4.69) is 27.7 Å². The Morgan fingerprint density at radius 1 is 0.941 bits per heavy atom. The third-order valence-electron chi connectivity index (χ3n) is 4.20. The highest BCUT2D eigenvalue weighted by Crippen LogP contribution is 2.35. The highest BCUT2D eigenvalue weighted by molar-refractivity contribution is 5.98. The van der Waals surface area contributed by atoms with Crippen LogP contribution < -0.4 is 0 Å². The third kappa shape index (κ3) is 6.05. The first kappa shape index (κ1) is 17.2. The average Bonchev–Trinajstić information content (AvgIpc) is 2.37. The van der Waals surface area contributed by atoms with Gasteiger partial charge in [0.2, 0.25) is 0 Å². The Bertz CT molecular complexity index is 162. The number of unbranched alkanes of at least 4 members (excludes halogenated alkanes) is 3. The van der Waals surface area contributed by atoms with Gasteiger partial charge in [0.1, 0.15) is 10.5 Å². The largest absolute Gasteiger partial charge is 0.422 e. The molecule has 0 bridgehead atoms. The zero-order valence-corrected chi connectivity index (χ0v) is 14.8. The summed E-state index contributed by atoms with van der Waals surface area (Å²) in [7, 11) is 0.886. The highest BCUT2D eigenvalue weighted by Gasteiger charge is 2.33. The Balaban J connectivity index is 4.50. The Hall–Kier alpha value is 0.177. The minimum absolute atomic E-state index is 0.216. The molecule has 0 aromatic carbocycles. The first-order valence-electron chi connectivity index (χ1n) is 7.72. The second-order valence-corrected chi connectivity index (χ2v) is 5.93. The van der Waals surface area contributed by atoms with Gasteiger partial charge in [0.15, 0.2) is 0 Å². The van der Waals surface area contributed by atoms with Gasteiger partial charge < -0.3 is 4.43 Å². The van der Waals surface area contributed by atoms with Gasteiger partial charge in [-0.05, 0) is 25.2 Å². The van der Waals surface area contributed by atoms with E-state index in [1.165, 1.54) is 57.8 Å². The Morgan fingerprint density at radius 3 is 1.76 bits per heavy atom. The lowest BCUT2D eigenvalue weighted by Gasteiger charge is -2.39. The van der Waals surface area contributed by atoms with Crippen molar-refractivity contribution in [3.8, 4) is 0 Å². The molecule has 2 heteroatoms. The van der Waals surface area contributed by atoms with Crippen molar-refractivity contribution in [2.24, 2.45) is 5.92 Å². The highest BCUT2D eigenvalue weighted by atomic mass is 28.2. The van der Waals surface area contributed by atoms with Crippen LogP contribution in [-0.4, -0.2) is 16.1 Å². The molecule has 0 amide bonds. The molecule has 0 rings (SSSR count). The lowest BCUT2D eigenvalue weighted by Crippen LogP contribution is -2.39. The zero-order valence-electron chi connectivity index (χ0n) is 12.8. The summed E-state index contributed by atoms with van der Waals surface area (Å²) in [4.78, 5) is 0. The maximum Gasteiger partial charge on any atom is 0.146 e. The van der Waals surface area contributed by atoms with Crippen molar-refractivity contribution in [3.05, 3.63) is 0 Å². The summed E-state index contributed by atoms with van der Waals surface area (Å²) in [5.41, 5.74) is 0.216. The molecule has 1 atom stereocenters. The van der Waals surface area contributed by atoms with Gasteiger partial charge in [-0.3, -0.25) is 0 Å². The van der Waals surface area contributed by atoms with E-state index >= 15 is 0 Å². The van der Waals surface area contributed by atoms with Gasteiger partial charge in [-0.25, -0.2) is 0 Å². The van der Waals surface area contributed by atoms with E-state index in [1.807, 2.05) is 0 Å². The minimum Gasteiger partial charge on any atom is -0.422 e. The topological polar surface area (TPSA) is 9.23 Å². The number of rotatable bonds is 11. The molecule has 17 heavy (non-hydrogen) atoms. The second-order valence-electron chi connectivity index (χ2n) is 5.52. The predicted molar refractivity (Wildman–Crippen MR) is 81.5 cm³/mol. The molecule has 0 aliphatic heterocycles. The van der Waals surface area contributed by atoms with Crippen LogP contribution in [0.5, 0.6) is 0 Å². The fraction of sp³-hybridized carbons (Fsp3) is 1.00. The van der Waals surface area contributed by atoms with Gasteiger partial charge in [0, 0.05) is 0 Å². The van der Waals surface area contributed by atoms with Crippen molar-refractivity contribution < 1.29 is 4.43 Å². The first-order valence-corrected chi connectivity index (χ1v) is 8.53. The van der Waals surface area contributed by atoms with Gasteiger partial charge in [-0.1, -0.05) is 66.2 Å². The molecule has 0 fully saturated rings.